The van der Waals surface area contributed by atoms with Crippen LogP contribution in [0.5, 0.6) is 0 Å². The van der Waals surface area contributed by atoms with Crippen molar-refractivity contribution in [3.05, 3.63) is 52.3 Å². The van der Waals surface area contributed by atoms with Crippen molar-refractivity contribution in [3.63, 3.8) is 0 Å². The van der Waals surface area contributed by atoms with Crippen molar-refractivity contribution in [3.8, 4) is 0 Å². The zero-order chi connectivity index (χ0) is 13.8. The first-order chi connectivity index (χ1) is 9.09. The summed E-state index contributed by atoms with van der Waals surface area (Å²) < 4.78 is 1.60. The summed E-state index contributed by atoms with van der Waals surface area (Å²) in [6.07, 6.45) is 2.05. The normalized spacial score (nSPS) is 12.6. The van der Waals surface area contributed by atoms with Gasteiger partial charge in [0.1, 0.15) is 5.15 Å². The maximum absolute atomic E-state index is 10.2. The highest BCUT2D eigenvalue weighted by Gasteiger charge is 2.18. The van der Waals surface area contributed by atoms with E-state index in [4.69, 9.17) is 11.6 Å². The van der Waals surface area contributed by atoms with Crippen molar-refractivity contribution < 1.29 is 5.11 Å². The number of aliphatic hydroxyl groups is 1. The first-order valence-corrected chi connectivity index (χ1v) is 6.88. The molecule has 0 aliphatic carbocycles. The lowest BCUT2D eigenvalue weighted by atomic mass is 10.0. The fraction of sp³-hybridized carbons (Fsp3) is 0.400. The van der Waals surface area contributed by atoms with Gasteiger partial charge in [-0.25, -0.2) is 0 Å². The van der Waals surface area contributed by atoms with Crippen molar-refractivity contribution in [1.29, 1.82) is 0 Å². The standard InChI is InChI=1S/C15H19ClN2O/c1-11-14(15(16)18(2)17-11)13(19)10-6-9-12-7-4-3-5-8-12/h3-5,7-8,13,19H,6,9-10H2,1-2H3. The van der Waals surface area contributed by atoms with Gasteiger partial charge in [0.2, 0.25) is 0 Å². The van der Waals surface area contributed by atoms with E-state index < -0.39 is 6.10 Å². The van der Waals surface area contributed by atoms with Crippen LogP contribution < -0.4 is 0 Å². The molecule has 1 aromatic heterocycles. The highest BCUT2D eigenvalue weighted by atomic mass is 35.5. The fourth-order valence-corrected chi connectivity index (χ4v) is 2.61. The van der Waals surface area contributed by atoms with E-state index in [0.717, 1.165) is 24.1 Å². The molecule has 1 aromatic carbocycles. The molecule has 3 nitrogen and oxygen atoms in total. The number of aryl methyl sites for hydroxylation is 3. The molecule has 0 spiro atoms. The van der Waals surface area contributed by atoms with E-state index in [1.165, 1.54) is 5.56 Å². The second-order valence-electron chi connectivity index (χ2n) is 4.81. The predicted molar refractivity (Wildman–Crippen MR) is 77.3 cm³/mol. The van der Waals surface area contributed by atoms with Crippen LogP contribution in [0.1, 0.15) is 35.8 Å². The summed E-state index contributed by atoms with van der Waals surface area (Å²) in [5.41, 5.74) is 2.86. The molecule has 0 radical (unpaired) electrons. The predicted octanol–water partition coefficient (Wildman–Crippen LogP) is 3.44. The van der Waals surface area contributed by atoms with Crippen LogP contribution in [0, 0.1) is 6.92 Å². The zero-order valence-electron chi connectivity index (χ0n) is 11.3. The third-order valence-electron chi connectivity index (χ3n) is 3.32. The minimum absolute atomic E-state index is 0.532. The molecule has 0 amide bonds. The van der Waals surface area contributed by atoms with E-state index in [0.29, 0.717) is 11.6 Å². The van der Waals surface area contributed by atoms with Gasteiger partial charge in [-0.1, -0.05) is 41.9 Å². The Morgan fingerprint density at radius 3 is 2.58 bits per heavy atom. The number of aromatic nitrogens is 2. The average Bonchev–Trinajstić information content (AvgIpc) is 2.64. The molecule has 0 aliphatic rings. The second kappa shape index (κ2) is 6.22. The van der Waals surface area contributed by atoms with Gasteiger partial charge < -0.3 is 5.11 Å². The maximum atomic E-state index is 10.2. The van der Waals surface area contributed by atoms with E-state index in [1.54, 1.807) is 11.7 Å². The minimum Gasteiger partial charge on any atom is -0.388 e. The Balaban J connectivity index is 1.93. The van der Waals surface area contributed by atoms with Gasteiger partial charge in [-0.15, -0.1) is 0 Å². The lowest BCUT2D eigenvalue weighted by molar-refractivity contribution is 0.164. The largest absolute Gasteiger partial charge is 0.388 e. The first-order valence-electron chi connectivity index (χ1n) is 6.50. The highest BCUT2D eigenvalue weighted by molar-refractivity contribution is 6.30. The van der Waals surface area contributed by atoms with Crippen LogP contribution in [-0.2, 0) is 13.5 Å². The molecule has 4 heteroatoms. The van der Waals surface area contributed by atoms with Crippen LogP contribution in [0.4, 0.5) is 0 Å². The molecule has 1 heterocycles. The molecule has 1 N–H and O–H groups in total. The molecule has 0 fully saturated rings. The molecule has 2 aromatic rings. The SMILES string of the molecule is Cc1nn(C)c(Cl)c1C(O)CCCc1ccccc1. The molecular formula is C15H19ClN2O. The van der Waals surface area contributed by atoms with E-state index in [2.05, 4.69) is 17.2 Å². The lowest BCUT2D eigenvalue weighted by Gasteiger charge is -2.10. The van der Waals surface area contributed by atoms with Crippen LogP contribution >= 0.6 is 11.6 Å². The number of aliphatic hydroxyl groups excluding tert-OH is 1. The summed E-state index contributed by atoms with van der Waals surface area (Å²) in [5, 5.41) is 15.0. The third-order valence-corrected chi connectivity index (χ3v) is 3.76. The van der Waals surface area contributed by atoms with Crippen LogP contribution in [0.3, 0.4) is 0 Å². The zero-order valence-corrected chi connectivity index (χ0v) is 12.1. The Labute approximate surface area is 118 Å². The molecule has 0 saturated carbocycles. The van der Waals surface area contributed by atoms with E-state index >= 15 is 0 Å². The number of halogens is 1. The van der Waals surface area contributed by atoms with E-state index in [-0.39, 0.29) is 0 Å². The first kappa shape index (κ1) is 14.1. The smallest absolute Gasteiger partial charge is 0.132 e. The molecule has 2 rings (SSSR count). The summed E-state index contributed by atoms with van der Waals surface area (Å²) in [6, 6.07) is 10.3. The second-order valence-corrected chi connectivity index (χ2v) is 5.17. The van der Waals surface area contributed by atoms with Crippen LogP contribution in [0.2, 0.25) is 5.15 Å². The Morgan fingerprint density at radius 2 is 2.00 bits per heavy atom. The van der Waals surface area contributed by atoms with Gasteiger partial charge in [0.25, 0.3) is 0 Å². The van der Waals surface area contributed by atoms with Gasteiger partial charge in [0.15, 0.2) is 0 Å². The third kappa shape index (κ3) is 3.37. The van der Waals surface area contributed by atoms with Gasteiger partial charge >= 0.3 is 0 Å². The fourth-order valence-electron chi connectivity index (χ4n) is 2.31. The Morgan fingerprint density at radius 1 is 1.32 bits per heavy atom. The van der Waals surface area contributed by atoms with Crippen molar-refractivity contribution in [2.45, 2.75) is 32.3 Å². The van der Waals surface area contributed by atoms with Crippen molar-refractivity contribution >= 4 is 11.6 Å². The maximum Gasteiger partial charge on any atom is 0.132 e. The Kier molecular flexibility index (Phi) is 4.61. The van der Waals surface area contributed by atoms with Gasteiger partial charge in [0, 0.05) is 12.6 Å². The minimum atomic E-state index is -0.537. The summed E-state index contributed by atoms with van der Waals surface area (Å²) in [6.45, 7) is 1.88. The number of hydrogen-bond donors (Lipinski definition) is 1. The highest BCUT2D eigenvalue weighted by Crippen LogP contribution is 2.29. The molecule has 102 valence electrons. The summed E-state index contributed by atoms with van der Waals surface area (Å²) in [4.78, 5) is 0. The van der Waals surface area contributed by atoms with Gasteiger partial charge in [-0.2, -0.15) is 5.10 Å². The molecule has 0 bridgehead atoms. The number of nitrogens with zero attached hydrogens (tertiary/aromatic N) is 2. The average molecular weight is 279 g/mol. The number of benzene rings is 1. The molecule has 1 unspecified atom stereocenters. The van der Waals surface area contributed by atoms with E-state index in [1.807, 2.05) is 25.1 Å². The number of rotatable bonds is 5. The van der Waals surface area contributed by atoms with Crippen molar-refractivity contribution in [2.75, 3.05) is 0 Å². The lowest BCUT2D eigenvalue weighted by Crippen LogP contribution is -2.00. The van der Waals surface area contributed by atoms with Gasteiger partial charge in [0.05, 0.1) is 11.8 Å². The van der Waals surface area contributed by atoms with Crippen LogP contribution in [0.15, 0.2) is 30.3 Å². The molecular weight excluding hydrogens is 260 g/mol. The van der Waals surface area contributed by atoms with Crippen molar-refractivity contribution in [1.82, 2.24) is 9.78 Å². The summed E-state index contributed by atoms with van der Waals surface area (Å²) in [7, 11) is 1.79. The Bertz CT molecular complexity index is 537. The summed E-state index contributed by atoms with van der Waals surface area (Å²) >= 11 is 6.15. The summed E-state index contributed by atoms with van der Waals surface area (Å²) in [5.74, 6) is 0. The van der Waals surface area contributed by atoms with E-state index in [9.17, 15) is 5.11 Å². The van der Waals surface area contributed by atoms with Crippen molar-refractivity contribution in [2.24, 2.45) is 7.05 Å². The van der Waals surface area contributed by atoms with Crippen LogP contribution in [-0.4, -0.2) is 14.9 Å². The van der Waals surface area contributed by atoms with Gasteiger partial charge in [-0.05, 0) is 31.7 Å². The topological polar surface area (TPSA) is 38.0 Å². The molecule has 0 aliphatic heterocycles. The Hall–Kier alpha value is -1.32. The molecule has 1 atom stereocenters. The molecule has 0 saturated heterocycles. The van der Waals surface area contributed by atoms with Gasteiger partial charge in [-0.3, -0.25) is 4.68 Å². The van der Waals surface area contributed by atoms with Crippen LogP contribution in [0.25, 0.3) is 0 Å². The monoisotopic (exact) mass is 278 g/mol. The quantitative estimate of drug-likeness (QED) is 0.910. The number of hydrogen-bond acceptors (Lipinski definition) is 2. The molecule has 19 heavy (non-hydrogen) atoms.